The van der Waals surface area contributed by atoms with E-state index in [9.17, 15) is 4.79 Å². The van der Waals surface area contributed by atoms with Crippen molar-refractivity contribution in [1.29, 1.82) is 0 Å². The van der Waals surface area contributed by atoms with Gasteiger partial charge >= 0.3 is 0 Å². The minimum absolute atomic E-state index is 0.150. The number of nitrogens with zero attached hydrogens (tertiary/aromatic N) is 3. The van der Waals surface area contributed by atoms with Gasteiger partial charge in [-0.3, -0.25) is 4.79 Å². The maximum atomic E-state index is 13.1. The predicted octanol–water partition coefficient (Wildman–Crippen LogP) is 3.84. The van der Waals surface area contributed by atoms with Gasteiger partial charge in [-0.1, -0.05) is 31.1 Å². The highest BCUT2D eigenvalue weighted by Crippen LogP contribution is 2.25. The maximum absolute atomic E-state index is 13.1. The fourth-order valence-corrected chi connectivity index (χ4v) is 3.29. The third-order valence-corrected chi connectivity index (χ3v) is 4.65. The Balaban J connectivity index is 1.72. The maximum Gasteiger partial charge on any atom is 0.258 e. The second-order valence-electron chi connectivity index (χ2n) is 7.09. The van der Waals surface area contributed by atoms with Crippen molar-refractivity contribution in [2.24, 2.45) is 5.92 Å². The van der Waals surface area contributed by atoms with Crippen LogP contribution in [0.15, 0.2) is 34.9 Å². The minimum Gasteiger partial charge on any atom is -0.342 e. The molecule has 0 saturated carbocycles. The minimum atomic E-state index is -0.256. The zero-order chi connectivity index (χ0) is 19.1. The van der Waals surface area contributed by atoms with Crippen molar-refractivity contribution in [3.8, 4) is 0 Å². The molecule has 0 spiro atoms. The van der Waals surface area contributed by atoms with Crippen molar-refractivity contribution < 1.29 is 9.32 Å². The number of para-hydroxylation sites is 2. The van der Waals surface area contributed by atoms with Crippen LogP contribution in [0.1, 0.15) is 47.5 Å². The van der Waals surface area contributed by atoms with E-state index in [1.54, 1.807) is 13.0 Å². The van der Waals surface area contributed by atoms with E-state index in [-0.39, 0.29) is 17.9 Å². The van der Waals surface area contributed by atoms with Gasteiger partial charge in [-0.05, 0) is 38.0 Å². The molecular weight excluding hydrogens is 342 g/mol. The zero-order valence-electron chi connectivity index (χ0n) is 15.7. The van der Waals surface area contributed by atoms with Crippen LogP contribution >= 0.6 is 0 Å². The SMILES string of the molecule is Cc1cc(C(=O)N[C@H](c2nc3ccccc3[nH]2)C(C)C)c2c(C)noc2n1. The molecule has 0 bridgehead atoms. The van der Waals surface area contributed by atoms with Crippen LogP contribution in [0.4, 0.5) is 0 Å². The number of H-pyrrole nitrogens is 1. The molecule has 1 aromatic carbocycles. The van der Waals surface area contributed by atoms with Gasteiger partial charge in [0.15, 0.2) is 0 Å². The van der Waals surface area contributed by atoms with E-state index in [0.29, 0.717) is 28.1 Å². The van der Waals surface area contributed by atoms with Crippen molar-refractivity contribution in [2.75, 3.05) is 0 Å². The molecule has 3 aromatic heterocycles. The molecule has 0 unspecified atom stereocenters. The molecule has 0 aliphatic rings. The summed E-state index contributed by atoms with van der Waals surface area (Å²) < 4.78 is 5.24. The monoisotopic (exact) mass is 363 g/mol. The Labute approximate surface area is 156 Å². The van der Waals surface area contributed by atoms with Crippen molar-refractivity contribution in [3.05, 3.63) is 53.1 Å². The Kier molecular flexibility index (Phi) is 4.14. The average Bonchev–Trinajstić information content (AvgIpc) is 3.22. The Morgan fingerprint density at radius 2 is 1.96 bits per heavy atom. The zero-order valence-corrected chi connectivity index (χ0v) is 15.7. The first-order valence-corrected chi connectivity index (χ1v) is 8.93. The molecule has 3 heterocycles. The van der Waals surface area contributed by atoms with Crippen molar-refractivity contribution in [1.82, 2.24) is 25.4 Å². The number of nitrogens with one attached hydrogen (secondary N) is 2. The van der Waals surface area contributed by atoms with E-state index in [2.05, 4.69) is 39.3 Å². The molecule has 0 saturated heterocycles. The normalized spacial score (nSPS) is 12.8. The molecule has 4 aromatic rings. The lowest BCUT2D eigenvalue weighted by Crippen LogP contribution is -2.32. The molecule has 7 nitrogen and oxygen atoms in total. The molecule has 0 fully saturated rings. The van der Waals surface area contributed by atoms with Crippen LogP contribution < -0.4 is 5.32 Å². The number of hydrogen-bond donors (Lipinski definition) is 2. The molecule has 138 valence electrons. The third kappa shape index (κ3) is 3.05. The van der Waals surface area contributed by atoms with Crippen molar-refractivity contribution in [2.45, 2.75) is 33.7 Å². The van der Waals surface area contributed by atoms with Crippen LogP contribution in [0, 0.1) is 19.8 Å². The summed E-state index contributed by atoms with van der Waals surface area (Å²) >= 11 is 0. The van der Waals surface area contributed by atoms with Crippen LogP contribution in [-0.4, -0.2) is 26.0 Å². The van der Waals surface area contributed by atoms with Crippen LogP contribution in [0.2, 0.25) is 0 Å². The topological polar surface area (TPSA) is 96.7 Å². The number of aryl methyl sites for hydroxylation is 2. The third-order valence-electron chi connectivity index (χ3n) is 4.65. The largest absolute Gasteiger partial charge is 0.342 e. The number of rotatable bonds is 4. The number of hydrogen-bond acceptors (Lipinski definition) is 5. The van der Waals surface area contributed by atoms with E-state index < -0.39 is 0 Å². The number of aromatic amines is 1. The molecule has 0 aliphatic carbocycles. The number of carbonyl (C=O) groups is 1. The summed E-state index contributed by atoms with van der Waals surface area (Å²) in [6, 6.07) is 9.33. The van der Waals surface area contributed by atoms with E-state index in [0.717, 1.165) is 16.9 Å². The van der Waals surface area contributed by atoms with Gasteiger partial charge in [-0.25, -0.2) is 9.97 Å². The molecule has 0 aliphatic heterocycles. The second kappa shape index (κ2) is 6.50. The highest BCUT2D eigenvalue weighted by Gasteiger charge is 2.25. The Morgan fingerprint density at radius 1 is 1.19 bits per heavy atom. The van der Waals surface area contributed by atoms with Gasteiger partial charge in [-0.2, -0.15) is 0 Å². The summed E-state index contributed by atoms with van der Waals surface area (Å²) in [5, 5.41) is 7.71. The molecule has 27 heavy (non-hydrogen) atoms. The quantitative estimate of drug-likeness (QED) is 0.574. The number of benzene rings is 1. The summed E-state index contributed by atoms with van der Waals surface area (Å²) in [6.45, 7) is 7.73. The van der Waals surface area contributed by atoms with Crippen LogP contribution in [0.3, 0.4) is 0 Å². The standard InChI is InChI=1S/C20H21N5O2/c1-10(2)17(18-22-14-7-5-6-8-15(14)23-18)24-19(26)13-9-11(3)21-20-16(13)12(4)25-27-20/h5-10,17H,1-4H3,(H,22,23)(H,24,26)/t17-/m0/s1. The fraction of sp³-hybridized carbons (Fsp3) is 0.300. The molecular formula is C20H21N5O2. The first-order chi connectivity index (χ1) is 12.9. The number of pyridine rings is 1. The lowest BCUT2D eigenvalue weighted by Gasteiger charge is -2.20. The molecule has 2 N–H and O–H groups in total. The predicted molar refractivity (Wildman–Crippen MR) is 102 cm³/mol. The van der Waals surface area contributed by atoms with E-state index in [1.165, 1.54) is 0 Å². The first-order valence-electron chi connectivity index (χ1n) is 8.93. The van der Waals surface area contributed by atoms with E-state index in [1.807, 2.05) is 31.2 Å². The fourth-order valence-electron chi connectivity index (χ4n) is 3.29. The molecule has 0 radical (unpaired) electrons. The second-order valence-corrected chi connectivity index (χ2v) is 7.09. The van der Waals surface area contributed by atoms with Crippen molar-refractivity contribution in [3.63, 3.8) is 0 Å². The molecule has 4 rings (SSSR count). The van der Waals surface area contributed by atoms with Crippen molar-refractivity contribution >= 4 is 28.0 Å². The lowest BCUT2D eigenvalue weighted by molar-refractivity contribution is 0.0925. The Bertz CT molecular complexity index is 1110. The molecule has 1 atom stereocenters. The highest BCUT2D eigenvalue weighted by molar-refractivity contribution is 6.06. The number of carbonyl (C=O) groups excluding carboxylic acids is 1. The number of fused-ring (bicyclic) bond motifs is 2. The summed E-state index contributed by atoms with van der Waals surface area (Å²) in [6.07, 6.45) is 0. The van der Waals surface area contributed by atoms with Crippen LogP contribution in [-0.2, 0) is 0 Å². The molecule has 7 heteroatoms. The first kappa shape index (κ1) is 17.2. The van der Waals surface area contributed by atoms with Gasteiger partial charge in [0.25, 0.3) is 11.6 Å². The van der Waals surface area contributed by atoms with Gasteiger partial charge in [0.2, 0.25) is 0 Å². The number of imidazole rings is 1. The van der Waals surface area contributed by atoms with Crippen LogP contribution in [0.25, 0.3) is 22.1 Å². The number of aromatic nitrogens is 4. The Morgan fingerprint density at radius 3 is 2.70 bits per heavy atom. The van der Waals surface area contributed by atoms with Gasteiger partial charge in [0.1, 0.15) is 5.82 Å². The van der Waals surface area contributed by atoms with Gasteiger partial charge in [0, 0.05) is 5.69 Å². The smallest absolute Gasteiger partial charge is 0.258 e. The number of amides is 1. The lowest BCUT2D eigenvalue weighted by atomic mass is 10.0. The van der Waals surface area contributed by atoms with Gasteiger partial charge in [0.05, 0.1) is 33.7 Å². The summed E-state index contributed by atoms with van der Waals surface area (Å²) in [5.41, 5.74) is 4.07. The molecule has 1 amide bonds. The Hall–Kier alpha value is -3.22. The summed E-state index contributed by atoms with van der Waals surface area (Å²) in [5.74, 6) is 0.691. The average molecular weight is 363 g/mol. The highest BCUT2D eigenvalue weighted by atomic mass is 16.5. The van der Waals surface area contributed by atoms with E-state index in [4.69, 9.17) is 4.52 Å². The van der Waals surface area contributed by atoms with E-state index >= 15 is 0 Å². The van der Waals surface area contributed by atoms with Crippen LogP contribution in [0.5, 0.6) is 0 Å². The van der Waals surface area contributed by atoms with Gasteiger partial charge < -0.3 is 14.8 Å². The summed E-state index contributed by atoms with van der Waals surface area (Å²) in [7, 11) is 0. The van der Waals surface area contributed by atoms with Gasteiger partial charge in [-0.15, -0.1) is 0 Å². The summed E-state index contributed by atoms with van der Waals surface area (Å²) in [4.78, 5) is 25.4.